The summed E-state index contributed by atoms with van der Waals surface area (Å²) in [4.78, 5) is 4.83. The van der Waals surface area contributed by atoms with Crippen molar-refractivity contribution in [2.75, 3.05) is 5.73 Å². The third-order valence-corrected chi connectivity index (χ3v) is 3.51. The Kier molecular flexibility index (Phi) is 5.70. The molecule has 0 saturated carbocycles. The molecule has 1 heterocycles. The van der Waals surface area contributed by atoms with Crippen molar-refractivity contribution in [1.82, 2.24) is 9.55 Å². The van der Waals surface area contributed by atoms with E-state index < -0.39 is 0 Å². The van der Waals surface area contributed by atoms with Crippen LogP contribution in [-0.4, -0.2) is 9.55 Å². The number of rotatable bonds is 7. The minimum absolute atomic E-state index is 0.508. The Bertz CT molecular complexity index is 362. The fraction of sp³-hybridized carbons (Fsp3) is 0.800. The maximum Gasteiger partial charge on any atom is 0.127 e. The van der Waals surface area contributed by atoms with Gasteiger partial charge in [0.05, 0.1) is 5.69 Å². The largest absolute Gasteiger partial charge is 0.384 e. The zero-order valence-corrected chi connectivity index (χ0v) is 12.7. The highest BCUT2D eigenvalue weighted by molar-refractivity contribution is 5.40. The van der Waals surface area contributed by atoms with Crippen LogP contribution in [0.5, 0.6) is 0 Å². The molecule has 0 unspecified atom stereocenters. The van der Waals surface area contributed by atoms with Gasteiger partial charge in [-0.05, 0) is 25.2 Å². The Balaban J connectivity index is 3.13. The molecule has 18 heavy (non-hydrogen) atoms. The normalized spacial score (nSPS) is 11.7. The van der Waals surface area contributed by atoms with Gasteiger partial charge >= 0.3 is 0 Å². The fourth-order valence-corrected chi connectivity index (χ4v) is 2.49. The van der Waals surface area contributed by atoms with Crippen molar-refractivity contribution in [2.45, 2.75) is 72.8 Å². The molecule has 0 radical (unpaired) electrons. The Labute approximate surface area is 112 Å². The minimum Gasteiger partial charge on any atom is -0.384 e. The van der Waals surface area contributed by atoms with E-state index in [2.05, 4.69) is 39.2 Å². The third kappa shape index (κ3) is 3.27. The first kappa shape index (κ1) is 15.1. The van der Waals surface area contributed by atoms with Crippen LogP contribution in [0.2, 0.25) is 0 Å². The van der Waals surface area contributed by atoms with Gasteiger partial charge in [0.2, 0.25) is 0 Å². The van der Waals surface area contributed by atoms with Crippen molar-refractivity contribution in [2.24, 2.45) is 5.92 Å². The van der Waals surface area contributed by atoms with Crippen molar-refractivity contribution in [3.8, 4) is 0 Å². The van der Waals surface area contributed by atoms with Crippen LogP contribution in [-0.2, 0) is 13.0 Å². The Morgan fingerprint density at radius 3 is 2.22 bits per heavy atom. The molecule has 0 fully saturated rings. The van der Waals surface area contributed by atoms with Gasteiger partial charge in [-0.15, -0.1) is 0 Å². The van der Waals surface area contributed by atoms with Crippen LogP contribution in [0.1, 0.15) is 71.3 Å². The van der Waals surface area contributed by atoms with Gasteiger partial charge in [0.25, 0.3) is 0 Å². The fourth-order valence-electron chi connectivity index (χ4n) is 2.49. The van der Waals surface area contributed by atoms with Crippen LogP contribution in [0.15, 0.2) is 0 Å². The molecule has 0 aliphatic rings. The molecule has 1 aromatic rings. The first-order valence-electron chi connectivity index (χ1n) is 7.39. The number of anilines is 1. The molecular formula is C15H29N3. The zero-order valence-electron chi connectivity index (χ0n) is 12.7. The maximum atomic E-state index is 6.34. The molecule has 0 aliphatic carbocycles. The standard InChI is InChI=1S/C15H29N3/c1-6-9-13-17-14(12(7-2)8-3)15(16)18(13)10-11(4)5/h11-12H,6-10,16H2,1-5H3. The molecule has 104 valence electrons. The van der Waals surface area contributed by atoms with Crippen molar-refractivity contribution in [3.05, 3.63) is 11.5 Å². The highest BCUT2D eigenvalue weighted by atomic mass is 15.1. The van der Waals surface area contributed by atoms with E-state index in [0.29, 0.717) is 11.8 Å². The van der Waals surface area contributed by atoms with Gasteiger partial charge in [-0.3, -0.25) is 0 Å². The number of imidazole rings is 1. The highest BCUT2D eigenvalue weighted by Gasteiger charge is 2.20. The minimum atomic E-state index is 0.508. The average Bonchev–Trinajstić information content (AvgIpc) is 2.60. The molecule has 0 atom stereocenters. The topological polar surface area (TPSA) is 43.8 Å². The van der Waals surface area contributed by atoms with E-state index in [1.54, 1.807) is 0 Å². The summed E-state index contributed by atoms with van der Waals surface area (Å²) in [6, 6.07) is 0. The van der Waals surface area contributed by atoms with Gasteiger partial charge in [-0.2, -0.15) is 0 Å². The molecule has 0 bridgehead atoms. The second-order valence-corrected chi connectivity index (χ2v) is 5.57. The van der Waals surface area contributed by atoms with E-state index in [9.17, 15) is 0 Å². The predicted molar refractivity (Wildman–Crippen MR) is 78.8 cm³/mol. The molecule has 0 saturated heterocycles. The quantitative estimate of drug-likeness (QED) is 0.796. The molecule has 2 N–H and O–H groups in total. The summed E-state index contributed by atoms with van der Waals surface area (Å²) >= 11 is 0. The van der Waals surface area contributed by atoms with Crippen LogP contribution in [0.3, 0.4) is 0 Å². The van der Waals surface area contributed by atoms with Crippen molar-refractivity contribution in [3.63, 3.8) is 0 Å². The van der Waals surface area contributed by atoms with Crippen LogP contribution < -0.4 is 5.73 Å². The van der Waals surface area contributed by atoms with Crippen LogP contribution >= 0.6 is 0 Å². The molecule has 0 aromatic carbocycles. The van der Waals surface area contributed by atoms with E-state index >= 15 is 0 Å². The van der Waals surface area contributed by atoms with Crippen LogP contribution in [0.4, 0.5) is 5.82 Å². The maximum absolute atomic E-state index is 6.34. The van der Waals surface area contributed by atoms with E-state index in [1.165, 1.54) is 5.82 Å². The number of nitrogens with two attached hydrogens (primary N) is 1. The lowest BCUT2D eigenvalue weighted by atomic mass is 9.99. The average molecular weight is 251 g/mol. The molecule has 3 nitrogen and oxygen atoms in total. The molecule has 0 aliphatic heterocycles. The number of aromatic nitrogens is 2. The summed E-state index contributed by atoms with van der Waals surface area (Å²) in [6.45, 7) is 12.1. The second-order valence-electron chi connectivity index (χ2n) is 5.57. The zero-order chi connectivity index (χ0) is 13.7. The van der Waals surface area contributed by atoms with Crippen molar-refractivity contribution in [1.29, 1.82) is 0 Å². The number of nitrogens with zero attached hydrogens (tertiary/aromatic N) is 2. The second kappa shape index (κ2) is 6.81. The smallest absolute Gasteiger partial charge is 0.127 e. The molecular weight excluding hydrogens is 222 g/mol. The lowest BCUT2D eigenvalue weighted by Crippen LogP contribution is -2.12. The predicted octanol–water partition coefficient (Wildman–Crippen LogP) is 3.98. The monoisotopic (exact) mass is 251 g/mol. The summed E-state index contributed by atoms with van der Waals surface area (Å²) in [5.41, 5.74) is 7.46. The van der Waals surface area contributed by atoms with Gasteiger partial charge in [0.1, 0.15) is 11.6 Å². The third-order valence-electron chi connectivity index (χ3n) is 3.51. The summed E-state index contributed by atoms with van der Waals surface area (Å²) < 4.78 is 2.24. The SMILES string of the molecule is CCCc1nc(C(CC)CC)c(N)n1CC(C)C. The van der Waals surface area contributed by atoms with E-state index in [-0.39, 0.29) is 0 Å². The molecule has 1 aromatic heterocycles. The summed E-state index contributed by atoms with van der Waals surface area (Å²) in [5, 5.41) is 0. The first-order chi connectivity index (χ1) is 8.54. The molecule has 0 amide bonds. The van der Waals surface area contributed by atoms with E-state index in [1.807, 2.05) is 0 Å². The number of nitrogen functional groups attached to an aromatic ring is 1. The van der Waals surface area contributed by atoms with Gasteiger partial charge in [0, 0.05) is 18.9 Å². The van der Waals surface area contributed by atoms with Gasteiger partial charge < -0.3 is 10.3 Å². The number of hydrogen-bond donors (Lipinski definition) is 1. The summed E-state index contributed by atoms with van der Waals surface area (Å²) in [6.07, 6.45) is 4.38. The Hall–Kier alpha value is -0.990. The van der Waals surface area contributed by atoms with Gasteiger partial charge in [-0.1, -0.05) is 34.6 Å². The summed E-state index contributed by atoms with van der Waals surface area (Å²) in [7, 11) is 0. The lowest BCUT2D eigenvalue weighted by Gasteiger charge is -2.13. The van der Waals surface area contributed by atoms with Crippen LogP contribution in [0, 0.1) is 5.92 Å². The first-order valence-corrected chi connectivity index (χ1v) is 7.39. The molecule has 1 rings (SSSR count). The summed E-state index contributed by atoms with van der Waals surface area (Å²) in [5.74, 6) is 3.19. The van der Waals surface area contributed by atoms with E-state index in [0.717, 1.165) is 43.7 Å². The van der Waals surface area contributed by atoms with Crippen molar-refractivity contribution < 1.29 is 0 Å². The van der Waals surface area contributed by atoms with Gasteiger partial charge in [0.15, 0.2) is 0 Å². The van der Waals surface area contributed by atoms with E-state index in [4.69, 9.17) is 10.7 Å². The van der Waals surface area contributed by atoms with Crippen molar-refractivity contribution >= 4 is 5.82 Å². The Morgan fingerprint density at radius 2 is 1.78 bits per heavy atom. The molecule has 3 heteroatoms. The number of aryl methyl sites for hydroxylation is 1. The Morgan fingerprint density at radius 1 is 1.17 bits per heavy atom. The van der Waals surface area contributed by atoms with Crippen LogP contribution in [0.25, 0.3) is 0 Å². The molecule has 0 spiro atoms. The number of hydrogen-bond acceptors (Lipinski definition) is 2. The lowest BCUT2D eigenvalue weighted by molar-refractivity contribution is 0.509. The highest BCUT2D eigenvalue weighted by Crippen LogP contribution is 2.29. The van der Waals surface area contributed by atoms with Gasteiger partial charge in [-0.25, -0.2) is 4.98 Å².